The van der Waals surface area contributed by atoms with E-state index >= 15 is 0 Å². The summed E-state index contributed by atoms with van der Waals surface area (Å²) < 4.78 is 0. The molecule has 250 valence electrons. The molecule has 0 radical (unpaired) electrons. The number of fused-ring (bicyclic) bond motifs is 22. The van der Waals surface area contributed by atoms with Crippen molar-refractivity contribution < 1.29 is 0 Å². The minimum atomic E-state index is 0.573. The molecule has 0 saturated carbocycles. The summed E-state index contributed by atoms with van der Waals surface area (Å²) in [5.74, 6) is 2.31. The van der Waals surface area contributed by atoms with E-state index in [9.17, 15) is 0 Å². The lowest BCUT2D eigenvalue weighted by atomic mass is 9.90. The monoisotopic (exact) mass is 690 g/mol. The van der Waals surface area contributed by atoms with Crippen LogP contribution in [0.2, 0.25) is 0 Å². The normalized spacial score (nSPS) is 12.1. The van der Waals surface area contributed by atoms with Gasteiger partial charge >= 0.3 is 0 Å². The van der Waals surface area contributed by atoms with E-state index < -0.39 is 0 Å². The van der Waals surface area contributed by atoms with Crippen molar-refractivity contribution in [3.8, 4) is 56.7 Å². The van der Waals surface area contributed by atoms with Crippen molar-refractivity contribution in [2.75, 3.05) is 0 Å². The van der Waals surface area contributed by atoms with Crippen LogP contribution in [0, 0.1) is 0 Å². The van der Waals surface area contributed by atoms with E-state index in [-0.39, 0.29) is 0 Å². The van der Waals surface area contributed by atoms with Gasteiger partial charge in [0.05, 0.1) is 0 Å². The maximum atomic E-state index is 5.36. The summed E-state index contributed by atoms with van der Waals surface area (Å²) in [6.07, 6.45) is 0. The molecule has 0 unspecified atom stereocenters. The van der Waals surface area contributed by atoms with Crippen LogP contribution in [0.5, 0.6) is 0 Å². The molecule has 3 aromatic heterocycles. The Morgan fingerprint density at radius 1 is 0.296 bits per heavy atom. The van der Waals surface area contributed by atoms with Gasteiger partial charge in [-0.25, -0.2) is 29.9 Å². The summed E-state index contributed by atoms with van der Waals surface area (Å²) in [6, 6.07) is 50.2. The van der Waals surface area contributed by atoms with Crippen molar-refractivity contribution in [3.63, 3.8) is 0 Å². The Kier molecular flexibility index (Phi) is 5.90. The third kappa shape index (κ3) is 4.19. The zero-order valence-electron chi connectivity index (χ0n) is 28.5. The molecule has 54 heavy (non-hydrogen) atoms. The highest BCUT2D eigenvalue weighted by Gasteiger charge is 2.23. The quantitative estimate of drug-likeness (QED) is 0.166. The number of hydrogen-bond acceptors (Lipinski definition) is 6. The van der Waals surface area contributed by atoms with Crippen LogP contribution in [-0.2, 0) is 0 Å². The highest BCUT2D eigenvalue weighted by atomic mass is 15.1. The van der Waals surface area contributed by atoms with Crippen LogP contribution in [-0.4, -0.2) is 39.9 Å². The van der Waals surface area contributed by atoms with Gasteiger partial charge in [0, 0.05) is 43.8 Å². The molecule has 5 heterocycles. The first-order valence-corrected chi connectivity index (χ1v) is 17.9. The second-order valence-electron chi connectivity index (χ2n) is 13.7. The second kappa shape index (κ2) is 11.0. The molecule has 8 nitrogen and oxygen atoms in total. The average Bonchev–Trinajstić information content (AvgIpc) is 3.96. The smallest absolute Gasteiger partial charge is 0.164 e. The summed E-state index contributed by atoms with van der Waals surface area (Å²) >= 11 is 0. The van der Waals surface area contributed by atoms with Gasteiger partial charge in [0.15, 0.2) is 23.3 Å². The molecule has 2 aliphatic heterocycles. The van der Waals surface area contributed by atoms with E-state index in [0.29, 0.717) is 45.9 Å². The molecule has 0 amide bonds. The van der Waals surface area contributed by atoms with E-state index in [0.717, 1.165) is 65.7 Å². The third-order valence-electron chi connectivity index (χ3n) is 10.6. The number of hydrogen-bond donors (Lipinski definition) is 2. The summed E-state index contributed by atoms with van der Waals surface area (Å²) in [5.41, 5.74) is 8.49. The molecule has 8 heteroatoms. The molecule has 2 N–H and O–H groups in total. The molecule has 8 bridgehead atoms. The minimum absolute atomic E-state index is 0.573. The van der Waals surface area contributed by atoms with Gasteiger partial charge in [-0.2, -0.15) is 0 Å². The highest BCUT2D eigenvalue weighted by molar-refractivity contribution is 6.21. The highest BCUT2D eigenvalue weighted by Crippen LogP contribution is 2.43. The fraction of sp³-hybridized carbons (Fsp3) is 0. The van der Waals surface area contributed by atoms with E-state index in [1.807, 2.05) is 54.6 Å². The molecule has 7 aromatic carbocycles. The second-order valence-corrected chi connectivity index (χ2v) is 13.7. The molecule has 0 fully saturated rings. The maximum Gasteiger partial charge on any atom is 0.164 e. The Balaban J connectivity index is 1.29. The lowest BCUT2D eigenvalue weighted by molar-refractivity contribution is 1.19. The van der Waals surface area contributed by atoms with Crippen LogP contribution in [0.4, 0.5) is 0 Å². The Morgan fingerprint density at radius 3 is 1.19 bits per heavy atom. The fourth-order valence-electron chi connectivity index (χ4n) is 8.20. The lowest BCUT2D eigenvalue weighted by Crippen LogP contribution is -1.87. The van der Waals surface area contributed by atoms with Crippen molar-refractivity contribution in [1.82, 2.24) is 39.9 Å². The van der Waals surface area contributed by atoms with E-state index in [2.05, 4.69) is 101 Å². The first-order chi connectivity index (χ1) is 26.7. The third-order valence-corrected chi connectivity index (χ3v) is 10.6. The first-order valence-electron chi connectivity index (χ1n) is 17.9. The largest absolute Gasteiger partial charge is 0.324 e. The molecular formula is C46H26N8. The van der Waals surface area contributed by atoms with Crippen LogP contribution in [0.1, 0.15) is 0 Å². The summed E-state index contributed by atoms with van der Waals surface area (Å²) in [6.45, 7) is 0. The molecule has 2 aliphatic rings. The standard InChI is InChI=1S/C46H26N8/c1-3-14-27-25(12-1)24-26-13-2-4-15-28(26)37(27)35-22-11-23-36-38(35)46-53-44-34-21-10-9-20-33(34)42(51-44)49-40-30-17-6-5-16-29(30)39(47-40)48-41-31-18-7-8-19-32(31)43(50-41)52-45(36)54-46/h1-24H,(H2,47,48,49,50,51,52,53,54). The molecular weight excluding hydrogens is 665 g/mol. The predicted octanol–water partition coefficient (Wildman–Crippen LogP) is 10.8. The van der Waals surface area contributed by atoms with Gasteiger partial charge in [0.25, 0.3) is 0 Å². The van der Waals surface area contributed by atoms with Gasteiger partial charge in [-0.15, -0.1) is 0 Å². The van der Waals surface area contributed by atoms with E-state index in [1.165, 1.54) is 10.8 Å². The van der Waals surface area contributed by atoms with Gasteiger partial charge in [-0.3, -0.25) is 0 Å². The average molecular weight is 691 g/mol. The van der Waals surface area contributed by atoms with Gasteiger partial charge in [-0.1, -0.05) is 140 Å². The number of rotatable bonds is 1. The van der Waals surface area contributed by atoms with Crippen LogP contribution >= 0.6 is 0 Å². The number of nitrogens with one attached hydrogen (secondary N) is 2. The molecule has 10 aromatic rings. The van der Waals surface area contributed by atoms with Crippen LogP contribution in [0.3, 0.4) is 0 Å². The molecule has 0 saturated heterocycles. The van der Waals surface area contributed by atoms with E-state index in [1.54, 1.807) is 0 Å². The minimum Gasteiger partial charge on any atom is -0.324 e. The zero-order chi connectivity index (χ0) is 35.3. The van der Waals surface area contributed by atoms with Crippen molar-refractivity contribution in [3.05, 3.63) is 146 Å². The number of nitrogens with zero attached hydrogens (tertiary/aromatic N) is 6. The number of aromatic nitrogens is 8. The van der Waals surface area contributed by atoms with Crippen LogP contribution in [0.25, 0.3) is 122 Å². The molecule has 12 rings (SSSR count). The Hall–Kier alpha value is -7.58. The lowest BCUT2D eigenvalue weighted by Gasteiger charge is -2.13. The maximum absolute atomic E-state index is 5.36. The summed E-state index contributed by atoms with van der Waals surface area (Å²) in [4.78, 5) is 38.2. The van der Waals surface area contributed by atoms with Gasteiger partial charge < -0.3 is 9.97 Å². The Labute approximate surface area is 307 Å². The summed E-state index contributed by atoms with van der Waals surface area (Å²) in [7, 11) is 0. The fourth-order valence-corrected chi connectivity index (χ4v) is 8.20. The van der Waals surface area contributed by atoms with Crippen molar-refractivity contribution in [2.45, 2.75) is 0 Å². The van der Waals surface area contributed by atoms with Gasteiger partial charge in [-0.05, 0) is 38.7 Å². The Bertz CT molecular complexity index is 3350. The van der Waals surface area contributed by atoms with Crippen molar-refractivity contribution in [2.24, 2.45) is 0 Å². The molecule has 0 spiro atoms. The molecule has 0 aliphatic carbocycles. The van der Waals surface area contributed by atoms with Gasteiger partial charge in [0.2, 0.25) is 0 Å². The van der Waals surface area contributed by atoms with Crippen LogP contribution < -0.4 is 0 Å². The zero-order valence-corrected chi connectivity index (χ0v) is 28.5. The van der Waals surface area contributed by atoms with Gasteiger partial charge in [0.1, 0.15) is 22.6 Å². The van der Waals surface area contributed by atoms with Crippen molar-refractivity contribution >= 4 is 65.7 Å². The number of H-pyrrole nitrogens is 2. The predicted molar refractivity (Wildman–Crippen MR) is 217 cm³/mol. The first kappa shape index (κ1) is 29.0. The van der Waals surface area contributed by atoms with E-state index in [4.69, 9.17) is 29.9 Å². The topological polar surface area (TPSA) is 109 Å². The number of aromatic amines is 2. The molecule has 0 atom stereocenters. The SMILES string of the molecule is c1ccc2c(c1)-c1nc-2nc2[nH]c(nc3nc(nc4[nH]c(n1)c1ccccc41)-c1ccccc1-3)c1c(-c3c4ccccc4cc4ccccc34)cccc21. The van der Waals surface area contributed by atoms with Crippen LogP contribution in [0.15, 0.2) is 146 Å². The number of benzene rings is 7. The summed E-state index contributed by atoms with van der Waals surface area (Å²) in [5, 5.41) is 8.44. The Morgan fingerprint density at radius 2 is 0.667 bits per heavy atom. The van der Waals surface area contributed by atoms with Crippen molar-refractivity contribution in [1.29, 1.82) is 0 Å².